The van der Waals surface area contributed by atoms with Crippen molar-refractivity contribution in [2.24, 2.45) is 0 Å². The zero-order chi connectivity index (χ0) is 28.2. The van der Waals surface area contributed by atoms with E-state index in [-0.39, 0.29) is 24.0 Å². The summed E-state index contributed by atoms with van der Waals surface area (Å²) in [5, 5.41) is 8.93. The lowest BCUT2D eigenvalue weighted by molar-refractivity contribution is 0.0901. The largest absolute Gasteiger partial charge is 0.399 e. The van der Waals surface area contributed by atoms with E-state index >= 15 is 0 Å². The van der Waals surface area contributed by atoms with Crippen LogP contribution in [0, 0.1) is 0 Å². The molecule has 1 aliphatic rings. The lowest BCUT2D eigenvalue weighted by Gasteiger charge is -2.38. The topological polar surface area (TPSA) is 99.5 Å². The third-order valence-corrected chi connectivity index (χ3v) is 7.56. The standard InChI is InChI=1S/C33H43N5O2/c1-2-3-4-5-12-21-35-33(40)37-30-18-17-27(34)24-29(30)32(39)36-28-19-22-38(23-20-28)31(25-13-8-6-9-14-25)26-15-10-7-11-16-26/h6-11,13-18,24,28,31H,2-5,12,19-23,34H2,1H3,(H,36,39)(H2,35,37,40). The van der Waals surface area contributed by atoms with Gasteiger partial charge in [0.15, 0.2) is 0 Å². The molecule has 1 saturated heterocycles. The summed E-state index contributed by atoms with van der Waals surface area (Å²) in [4.78, 5) is 28.3. The van der Waals surface area contributed by atoms with Crippen LogP contribution in [0.15, 0.2) is 78.9 Å². The van der Waals surface area contributed by atoms with Crippen molar-refractivity contribution in [3.05, 3.63) is 95.6 Å². The molecule has 3 aromatic carbocycles. The van der Waals surface area contributed by atoms with Crippen molar-refractivity contribution in [3.63, 3.8) is 0 Å². The Kier molecular flexibility index (Phi) is 11.0. The van der Waals surface area contributed by atoms with Crippen molar-refractivity contribution < 1.29 is 9.59 Å². The second-order valence-corrected chi connectivity index (χ2v) is 10.6. The number of rotatable bonds is 12. The van der Waals surface area contributed by atoms with Crippen LogP contribution in [0.1, 0.15) is 79.4 Å². The Morgan fingerprint density at radius 1 is 0.875 bits per heavy atom. The number of carbonyl (C=O) groups excluding carboxylic acids is 2. The molecular formula is C33H43N5O2. The first-order valence-corrected chi connectivity index (χ1v) is 14.6. The van der Waals surface area contributed by atoms with Gasteiger partial charge in [0.2, 0.25) is 0 Å². The van der Waals surface area contributed by atoms with E-state index in [0.29, 0.717) is 23.5 Å². The smallest absolute Gasteiger partial charge is 0.319 e. The van der Waals surface area contributed by atoms with Crippen LogP contribution in [0.25, 0.3) is 0 Å². The molecular weight excluding hydrogens is 498 g/mol. The van der Waals surface area contributed by atoms with Crippen LogP contribution in [-0.4, -0.2) is 42.5 Å². The summed E-state index contributed by atoms with van der Waals surface area (Å²) in [6, 6.07) is 26.1. The number of unbranched alkanes of at least 4 members (excludes halogenated alkanes) is 4. The highest BCUT2D eigenvalue weighted by molar-refractivity contribution is 6.04. The van der Waals surface area contributed by atoms with Crippen LogP contribution < -0.4 is 21.7 Å². The minimum Gasteiger partial charge on any atom is -0.399 e. The minimum atomic E-state index is -0.310. The van der Waals surface area contributed by atoms with Crippen molar-refractivity contribution in [2.75, 3.05) is 30.7 Å². The number of anilines is 2. The molecule has 3 aromatic rings. The summed E-state index contributed by atoms with van der Waals surface area (Å²) in [5.41, 5.74) is 9.88. The number of carbonyl (C=O) groups is 2. The van der Waals surface area contributed by atoms with E-state index in [9.17, 15) is 9.59 Å². The summed E-state index contributed by atoms with van der Waals surface area (Å²) in [6.07, 6.45) is 7.31. The Labute approximate surface area is 238 Å². The van der Waals surface area contributed by atoms with Crippen LogP contribution in [0.2, 0.25) is 0 Å². The highest BCUT2D eigenvalue weighted by Gasteiger charge is 2.28. The number of piperidine rings is 1. The molecule has 7 nitrogen and oxygen atoms in total. The average Bonchev–Trinajstić information content (AvgIpc) is 2.98. The lowest BCUT2D eigenvalue weighted by Crippen LogP contribution is -2.46. The average molecular weight is 542 g/mol. The molecule has 1 aliphatic heterocycles. The van der Waals surface area contributed by atoms with Crippen molar-refractivity contribution >= 4 is 23.3 Å². The molecule has 212 valence electrons. The first-order valence-electron chi connectivity index (χ1n) is 14.6. The van der Waals surface area contributed by atoms with Crippen LogP contribution in [0.3, 0.4) is 0 Å². The number of nitrogen functional groups attached to an aromatic ring is 1. The molecule has 0 aliphatic carbocycles. The van der Waals surface area contributed by atoms with Gasteiger partial charge in [0, 0.05) is 31.4 Å². The second-order valence-electron chi connectivity index (χ2n) is 10.6. The quantitative estimate of drug-likeness (QED) is 0.159. The number of hydrogen-bond acceptors (Lipinski definition) is 4. The van der Waals surface area contributed by atoms with E-state index in [1.165, 1.54) is 30.4 Å². The molecule has 0 spiro atoms. The monoisotopic (exact) mass is 541 g/mol. The number of nitrogens with two attached hydrogens (primary N) is 1. The Morgan fingerprint density at radius 2 is 1.50 bits per heavy atom. The molecule has 40 heavy (non-hydrogen) atoms. The third kappa shape index (κ3) is 8.33. The number of benzene rings is 3. The van der Waals surface area contributed by atoms with Gasteiger partial charge in [-0.3, -0.25) is 9.69 Å². The van der Waals surface area contributed by atoms with Crippen LogP contribution >= 0.6 is 0 Å². The summed E-state index contributed by atoms with van der Waals surface area (Å²) in [6.45, 7) is 4.52. The van der Waals surface area contributed by atoms with E-state index in [1.807, 2.05) is 12.1 Å². The van der Waals surface area contributed by atoms with E-state index in [0.717, 1.165) is 38.8 Å². The normalized spacial score (nSPS) is 14.2. The zero-order valence-electron chi connectivity index (χ0n) is 23.6. The minimum absolute atomic E-state index is 0.0437. The SMILES string of the molecule is CCCCCCCNC(=O)Nc1ccc(N)cc1C(=O)NC1CCN(C(c2ccccc2)c2ccccc2)CC1. The molecule has 4 rings (SSSR count). The van der Waals surface area contributed by atoms with Crippen LogP contribution in [0.5, 0.6) is 0 Å². The zero-order valence-corrected chi connectivity index (χ0v) is 23.6. The molecule has 0 radical (unpaired) electrons. The Morgan fingerprint density at radius 3 is 2.12 bits per heavy atom. The van der Waals surface area contributed by atoms with Gasteiger partial charge in [0.1, 0.15) is 0 Å². The summed E-state index contributed by atoms with van der Waals surface area (Å²) >= 11 is 0. The molecule has 1 heterocycles. The van der Waals surface area contributed by atoms with Crippen molar-refractivity contribution in [1.82, 2.24) is 15.5 Å². The molecule has 0 saturated carbocycles. The predicted molar refractivity (Wildman–Crippen MR) is 163 cm³/mol. The van der Waals surface area contributed by atoms with Gasteiger partial charge >= 0.3 is 6.03 Å². The Balaban J connectivity index is 1.34. The van der Waals surface area contributed by atoms with Crippen molar-refractivity contribution in [2.45, 2.75) is 64.0 Å². The van der Waals surface area contributed by atoms with E-state index in [2.05, 4.69) is 76.3 Å². The molecule has 3 amide bonds. The van der Waals surface area contributed by atoms with Gasteiger partial charge in [-0.25, -0.2) is 4.79 Å². The first-order chi connectivity index (χ1) is 19.5. The van der Waals surface area contributed by atoms with E-state index in [1.54, 1.807) is 18.2 Å². The molecule has 0 atom stereocenters. The predicted octanol–water partition coefficient (Wildman–Crippen LogP) is 6.34. The van der Waals surface area contributed by atoms with Gasteiger partial charge in [-0.2, -0.15) is 0 Å². The number of urea groups is 1. The summed E-state index contributed by atoms with van der Waals surface area (Å²) in [7, 11) is 0. The number of nitrogens with zero attached hydrogens (tertiary/aromatic N) is 1. The van der Waals surface area contributed by atoms with Gasteiger partial charge in [-0.15, -0.1) is 0 Å². The molecule has 0 unspecified atom stereocenters. The summed E-state index contributed by atoms with van der Waals surface area (Å²) in [5.74, 6) is -0.219. The molecule has 5 N–H and O–H groups in total. The van der Waals surface area contributed by atoms with Crippen molar-refractivity contribution in [1.29, 1.82) is 0 Å². The Hall–Kier alpha value is -3.84. The molecule has 0 bridgehead atoms. The van der Waals surface area contributed by atoms with E-state index < -0.39 is 0 Å². The molecule has 1 fully saturated rings. The fourth-order valence-corrected chi connectivity index (χ4v) is 5.41. The number of nitrogens with one attached hydrogen (secondary N) is 3. The third-order valence-electron chi connectivity index (χ3n) is 7.56. The number of likely N-dealkylation sites (tertiary alicyclic amines) is 1. The lowest BCUT2D eigenvalue weighted by atomic mass is 9.94. The highest BCUT2D eigenvalue weighted by atomic mass is 16.2. The van der Waals surface area contributed by atoms with Crippen LogP contribution in [-0.2, 0) is 0 Å². The number of amides is 3. The maximum Gasteiger partial charge on any atom is 0.319 e. The first kappa shape index (κ1) is 29.2. The maximum atomic E-state index is 13.3. The summed E-state index contributed by atoms with van der Waals surface area (Å²) < 4.78 is 0. The fraction of sp³-hybridized carbons (Fsp3) is 0.394. The van der Waals surface area contributed by atoms with E-state index in [4.69, 9.17) is 5.73 Å². The Bertz CT molecular complexity index is 1170. The maximum absolute atomic E-state index is 13.3. The fourth-order valence-electron chi connectivity index (χ4n) is 5.41. The number of hydrogen-bond donors (Lipinski definition) is 4. The second kappa shape index (κ2) is 15.1. The van der Waals surface area contributed by atoms with Gasteiger partial charge in [-0.05, 0) is 48.6 Å². The van der Waals surface area contributed by atoms with Gasteiger partial charge in [0.05, 0.1) is 17.3 Å². The van der Waals surface area contributed by atoms with Gasteiger partial charge < -0.3 is 21.7 Å². The van der Waals surface area contributed by atoms with Gasteiger partial charge in [-0.1, -0.05) is 93.3 Å². The molecule has 0 aromatic heterocycles. The van der Waals surface area contributed by atoms with Gasteiger partial charge in [0.25, 0.3) is 5.91 Å². The van der Waals surface area contributed by atoms with Crippen LogP contribution in [0.4, 0.5) is 16.2 Å². The van der Waals surface area contributed by atoms with Crippen molar-refractivity contribution in [3.8, 4) is 0 Å². The molecule has 7 heteroatoms. The highest BCUT2D eigenvalue weighted by Crippen LogP contribution is 2.31.